The van der Waals surface area contributed by atoms with Crippen LogP contribution >= 0.6 is 0 Å². The van der Waals surface area contributed by atoms with Gasteiger partial charge in [0.1, 0.15) is 0 Å². The van der Waals surface area contributed by atoms with Crippen LogP contribution in [-0.4, -0.2) is 13.1 Å². The Morgan fingerprint density at radius 2 is 2.29 bits per heavy atom. The van der Waals surface area contributed by atoms with Crippen LogP contribution in [0.3, 0.4) is 0 Å². The summed E-state index contributed by atoms with van der Waals surface area (Å²) in [4.78, 5) is 0. The minimum Gasteiger partial charge on any atom is -0.385 e. The third-order valence-corrected chi connectivity index (χ3v) is 2.73. The van der Waals surface area contributed by atoms with E-state index in [1.54, 1.807) is 0 Å². The van der Waals surface area contributed by atoms with Crippen molar-refractivity contribution >= 4 is 5.69 Å². The Hall–Kier alpha value is -1.02. The van der Waals surface area contributed by atoms with E-state index < -0.39 is 0 Å². The molecule has 1 aromatic carbocycles. The van der Waals surface area contributed by atoms with Crippen molar-refractivity contribution in [1.82, 2.24) is 5.32 Å². The predicted octanol–water partition coefficient (Wildman–Crippen LogP) is 2.54. The number of rotatable bonds is 3. The smallest absolute Gasteiger partial charge is 0.0388 e. The first-order valence-corrected chi connectivity index (χ1v) is 5.48. The molecule has 1 aromatic rings. The van der Waals surface area contributed by atoms with E-state index in [1.165, 1.54) is 24.1 Å². The Morgan fingerprint density at radius 1 is 1.43 bits per heavy atom. The van der Waals surface area contributed by atoms with Crippen LogP contribution in [-0.2, 0) is 0 Å². The molecule has 1 heterocycles. The number of anilines is 1. The van der Waals surface area contributed by atoms with Gasteiger partial charge in [-0.15, -0.1) is 0 Å². The van der Waals surface area contributed by atoms with Crippen molar-refractivity contribution in [3.8, 4) is 0 Å². The van der Waals surface area contributed by atoms with E-state index in [1.807, 2.05) is 0 Å². The molecule has 2 nitrogen and oxygen atoms in total. The van der Waals surface area contributed by atoms with Crippen LogP contribution in [0.25, 0.3) is 0 Å². The van der Waals surface area contributed by atoms with Gasteiger partial charge in [-0.25, -0.2) is 0 Å². The summed E-state index contributed by atoms with van der Waals surface area (Å²) < 4.78 is 0. The molecule has 1 unspecified atom stereocenters. The second-order valence-corrected chi connectivity index (χ2v) is 3.81. The lowest BCUT2D eigenvalue weighted by atomic mass is 9.98. The van der Waals surface area contributed by atoms with Crippen molar-refractivity contribution < 1.29 is 0 Å². The first-order chi connectivity index (χ1) is 6.92. The Kier molecular flexibility index (Phi) is 3.04. The number of benzene rings is 1. The van der Waals surface area contributed by atoms with Gasteiger partial charge in [0.25, 0.3) is 0 Å². The zero-order chi connectivity index (χ0) is 9.80. The monoisotopic (exact) mass is 190 g/mol. The first kappa shape index (κ1) is 9.53. The minimum absolute atomic E-state index is 0.549. The Balaban J connectivity index is 2.14. The highest BCUT2D eigenvalue weighted by Crippen LogP contribution is 2.28. The highest BCUT2D eigenvalue weighted by atomic mass is 15.0. The van der Waals surface area contributed by atoms with Crippen molar-refractivity contribution in [2.24, 2.45) is 0 Å². The van der Waals surface area contributed by atoms with Crippen molar-refractivity contribution in [2.75, 3.05) is 18.4 Å². The topological polar surface area (TPSA) is 24.1 Å². The summed E-state index contributed by atoms with van der Waals surface area (Å²) in [7, 11) is 0. The van der Waals surface area contributed by atoms with Crippen molar-refractivity contribution in [2.45, 2.75) is 25.8 Å². The number of nitrogens with one attached hydrogen (secondary N) is 2. The molecule has 1 aliphatic heterocycles. The third-order valence-electron chi connectivity index (χ3n) is 2.73. The van der Waals surface area contributed by atoms with E-state index in [4.69, 9.17) is 0 Å². The zero-order valence-corrected chi connectivity index (χ0v) is 8.72. The molecule has 0 aromatic heterocycles. The van der Waals surface area contributed by atoms with Crippen LogP contribution in [0.2, 0.25) is 0 Å². The van der Waals surface area contributed by atoms with Crippen LogP contribution in [0.5, 0.6) is 0 Å². The second-order valence-electron chi connectivity index (χ2n) is 3.81. The highest BCUT2D eigenvalue weighted by molar-refractivity contribution is 5.54. The number of hydrogen-bond acceptors (Lipinski definition) is 2. The summed E-state index contributed by atoms with van der Waals surface area (Å²) in [6, 6.07) is 9.14. The summed E-state index contributed by atoms with van der Waals surface area (Å²) in [5.41, 5.74) is 2.72. The summed E-state index contributed by atoms with van der Waals surface area (Å²) in [6.07, 6.45) is 2.39. The van der Waals surface area contributed by atoms with Gasteiger partial charge in [0, 0.05) is 18.3 Å². The van der Waals surface area contributed by atoms with Gasteiger partial charge in [-0.1, -0.05) is 25.1 Å². The van der Waals surface area contributed by atoms with E-state index in [2.05, 4.69) is 41.8 Å². The summed E-state index contributed by atoms with van der Waals surface area (Å²) in [5, 5.41) is 7.02. The fraction of sp³-hybridized carbons (Fsp3) is 0.500. The Morgan fingerprint density at radius 3 is 3.14 bits per heavy atom. The lowest BCUT2D eigenvalue weighted by molar-refractivity contribution is 0.501. The normalized spacial score (nSPS) is 19.9. The highest BCUT2D eigenvalue weighted by Gasteiger charge is 2.17. The Bertz CT molecular complexity index is 296. The molecule has 14 heavy (non-hydrogen) atoms. The molecule has 76 valence electrons. The number of para-hydroxylation sites is 1. The Labute approximate surface area is 85.7 Å². The molecule has 2 rings (SSSR count). The number of fused-ring (bicyclic) bond motifs is 1. The average molecular weight is 190 g/mol. The van der Waals surface area contributed by atoms with Crippen molar-refractivity contribution in [3.63, 3.8) is 0 Å². The average Bonchev–Trinajstić information content (AvgIpc) is 2.26. The van der Waals surface area contributed by atoms with Gasteiger partial charge >= 0.3 is 0 Å². The molecule has 1 aliphatic rings. The molecule has 0 amide bonds. The van der Waals surface area contributed by atoms with Gasteiger partial charge in [-0.3, -0.25) is 0 Å². The van der Waals surface area contributed by atoms with Gasteiger partial charge in [-0.2, -0.15) is 0 Å². The molecule has 2 heteroatoms. The predicted molar refractivity (Wildman–Crippen MR) is 60.6 cm³/mol. The third kappa shape index (κ3) is 1.90. The summed E-state index contributed by atoms with van der Waals surface area (Å²) >= 11 is 0. The standard InChI is InChI=1S/C12H18N2/c1-2-8-13-12-7-9-14-11-6-4-3-5-10(11)12/h3-6,12-14H,2,7-9H2,1H3. The quantitative estimate of drug-likeness (QED) is 0.765. The molecular formula is C12H18N2. The molecule has 0 bridgehead atoms. The zero-order valence-electron chi connectivity index (χ0n) is 8.72. The first-order valence-electron chi connectivity index (χ1n) is 5.48. The van der Waals surface area contributed by atoms with Crippen LogP contribution in [0.4, 0.5) is 5.69 Å². The van der Waals surface area contributed by atoms with Gasteiger partial charge in [0.05, 0.1) is 0 Å². The van der Waals surface area contributed by atoms with Gasteiger partial charge in [-0.05, 0) is 31.0 Å². The molecular weight excluding hydrogens is 172 g/mol. The van der Waals surface area contributed by atoms with E-state index in [0.717, 1.165) is 13.1 Å². The largest absolute Gasteiger partial charge is 0.385 e. The fourth-order valence-electron chi connectivity index (χ4n) is 2.00. The van der Waals surface area contributed by atoms with Gasteiger partial charge in [0.2, 0.25) is 0 Å². The van der Waals surface area contributed by atoms with Crippen molar-refractivity contribution in [1.29, 1.82) is 0 Å². The van der Waals surface area contributed by atoms with Crippen molar-refractivity contribution in [3.05, 3.63) is 29.8 Å². The van der Waals surface area contributed by atoms with Crippen LogP contribution in [0, 0.1) is 0 Å². The van der Waals surface area contributed by atoms with Gasteiger partial charge < -0.3 is 10.6 Å². The molecule has 0 spiro atoms. The molecule has 0 radical (unpaired) electrons. The molecule has 2 N–H and O–H groups in total. The number of hydrogen-bond donors (Lipinski definition) is 2. The lowest BCUT2D eigenvalue weighted by Gasteiger charge is -2.27. The van der Waals surface area contributed by atoms with E-state index in [-0.39, 0.29) is 0 Å². The fourth-order valence-corrected chi connectivity index (χ4v) is 2.00. The van der Waals surface area contributed by atoms with Crippen LogP contribution in [0.15, 0.2) is 24.3 Å². The summed E-state index contributed by atoms with van der Waals surface area (Å²) in [5.74, 6) is 0. The maximum Gasteiger partial charge on any atom is 0.0388 e. The maximum atomic E-state index is 3.59. The summed E-state index contributed by atoms with van der Waals surface area (Å²) in [6.45, 7) is 4.40. The maximum absolute atomic E-state index is 3.59. The molecule has 0 aliphatic carbocycles. The van der Waals surface area contributed by atoms with E-state index in [9.17, 15) is 0 Å². The molecule has 1 atom stereocenters. The van der Waals surface area contributed by atoms with E-state index in [0.29, 0.717) is 6.04 Å². The molecule has 0 saturated heterocycles. The molecule has 0 fully saturated rings. The van der Waals surface area contributed by atoms with Gasteiger partial charge in [0.15, 0.2) is 0 Å². The molecule has 0 saturated carbocycles. The van der Waals surface area contributed by atoms with Crippen LogP contribution < -0.4 is 10.6 Å². The lowest BCUT2D eigenvalue weighted by Crippen LogP contribution is -2.28. The SMILES string of the molecule is CCCNC1CCNc2ccccc21. The van der Waals surface area contributed by atoms with Crippen LogP contribution in [0.1, 0.15) is 31.4 Å². The van der Waals surface area contributed by atoms with E-state index >= 15 is 0 Å². The second kappa shape index (κ2) is 4.47. The minimum atomic E-state index is 0.549.